The van der Waals surface area contributed by atoms with Gasteiger partial charge in [-0.3, -0.25) is 0 Å². The topological polar surface area (TPSA) is 0 Å². The van der Waals surface area contributed by atoms with Gasteiger partial charge in [-0.25, -0.2) is 8.78 Å². The van der Waals surface area contributed by atoms with Crippen molar-refractivity contribution in [3.05, 3.63) is 0 Å². The van der Waals surface area contributed by atoms with Crippen molar-refractivity contribution in [2.45, 2.75) is 13.5 Å². The number of halogens is 8. The first-order chi connectivity index (χ1) is 4.50. The van der Waals surface area contributed by atoms with Gasteiger partial charge in [0.1, 0.15) is 0 Å². The predicted octanol–water partition coefficient (Wildman–Crippen LogP) is 4.36. The molecule has 0 nitrogen and oxygen atoms in total. The maximum atomic E-state index is 12.5. The zero-order chi connectivity index (χ0) is 9.50. The monoisotopic (exact) mass is 284 g/mol. The minimum Gasteiger partial charge on any atom is -0.204 e. The van der Waals surface area contributed by atoms with Crippen LogP contribution in [-0.2, 0) is 0 Å². The van der Waals surface area contributed by atoms with Gasteiger partial charge >= 0.3 is 0 Å². The van der Waals surface area contributed by atoms with Crippen LogP contribution in [0.5, 0.6) is 0 Å². The molecule has 0 fully saturated rings. The molecule has 0 spiro atoms. The van der Waals surface area contributed by atoms with Crippen LogP contribution in [0.1, 0.15) is 0 Å². The van der Waals surface area contributed by atoms with Crippen LogP contribution in [-0.4, -0.2) is 13.5 Å². The lowest BCUT2D eigenvalue weighted by Gasteiger charge is -2.30. The van der Waals surface area contributed by atoms with Crippen molar-refractivity contribution in [1.82, 2.24) is 0 Å². The van der Waals surface area contributed by atoms with Crippen LogP contribution < -0.4 is 0 Å². The second kappa shape index (κ2) is 3.39. The van der Waals surface area contributed by atoms with Gasteiger partial charge in [-0.05, 0) is 0 Å². The van der Waals surface area contributed by atoms with Crippen molar-refractivity contribution < 1.29 is 8.78 Å². The summed E-state index contributed by atoms with van der Waals surface area (Å²) < 4.78 is 15.5. The Labute approximate surface area is 91.6 Å². The number of rotatable bonds is 2. The van der Waals surface area contributed by atoms with Crippen LogP contribution in [0.4, 0.5) is 8.78 Å². The van der Waals surface area contributed by atoms with E-state index in [-0.39, 0.29) is 0 Å². The molecule has 0 aromatic heterocycles. The number of hydrogen-bond donors (Lipinski definition) is 0. The average Bonchev–Trinajstić information content (AvgIpc) is 1.58. The summed E-state index contributed by atoms with van der Waals surface area (Å²) in [5.74, 6) is 0. The molecule has 0 aromatic carbocycles. The van der Waals surface area contributed by atoms with Gasteiger partial charge in [-0.1, -0.05) is 69.6 Å². The van der Waals surface area contributed by atoms with E-state index >= 15 is 0 Å². The molecule has 0 aromatic rings. The van der Waals surface area contributed by atoms with E-state index < -0.39 is 13.5 Å². The lowest BCUT2D eigenvalue weighted by molar-refractivity contribution is 0.257. The van der Waals surface area contributed by atoms with Gasteiger partial charge in [0.05, 0.1) is 0 Å². The molecule has 0 atom stereocenters. The molecule has 8 heteroatoms. The fourth-order valence-electron chi connectivity index (χ4n) is 0.161. The molecule has 11 heavy (non-hydrogen) atoms. The van der Waals surface area contributed by atoms with Gasteiger partial charge in [0.2, 0.25) is 4.33 Å². The van der Waals surface area contributed by atoms with E-state index in [1.807, 2.05) is 0 Å². The van der Waals surface area contributed by atoms with Crippen molar-refractivity contribution in [3.8, 4) is 0 Å². The molecule has 0 N–H and O–H groups in total. The molecule has 0 aliphatic carbocycles. The Morgan fingerprint density at radius 3 is 0.818 bits per heavy atom. The van der Waals surface area contributed by atoms with Gasteiger partial charge in [0.15, 0.2) is 0 Å². The average molecular weight is 287 g/mol. The molecule has 68 valence electrons. The largest absolute Gasteiger partial charge is 0.296 e. The molecule has 0 bridgehead atoms. The van der Waals surface area contributed by atoms with Crippen molar-refractivity contribution >= 4 is 69.6 Å². The Balaban J connectivity index is 4.75. The summed E-state index contributed by atoms with van der Waals surface area (Å²) in [7, 11) is 0. The fourth-order valence-corrected chi connectivity index (χ4v) is 0.875. The molecular weight excluding hydrogens is 287 g/mol. The standard InChI is InChI=1S/C3Cl6F2/c4-1(5,2(6,7)10)3(8,9)11. The van der Waals surface area contributed by atoms with Crippen molar-refractivity contribution in [2.24, 2.45) is 0 Å². The minimum absolute atomic E-state index is 2.95. The second-order valence-electron chi connectivity index (χ2n) is 1.57. The highest BCUT2D eigenvalue weighted by atomic mass is 35.5. The van der Waals surface area contributed by atoms with Crippen LogP contribution >= 0.6 is 69.6 Å². The Morgan fingerprint density at radius 2 is 0.818 bits per heavy atom. The maximum absolute atomic E-state index is 12.5. The van der Waals surface area contributed by atoms with Crippen LogP contribution in [0.15, 0.2) is 0 Å². The lowest BCUT2D eigenvalue weighted by atomic mass is 10.5. The summed E-state index contributed by atoms with van der Waals surface area (Å²) in [5, 5.41) is 0. The van der Waals surface area contributed by atoms with Crippen LogP contribution in [0.2, 0.25) is 0 Å². The normalized spacial score (nSPS) is 15.3. The van der Waals surface area contributed by atoms with Crippen LogP contribution in [0, 0.1) is 0 Å². The molecule has 0 radical (unpaired) electrons. The third kappa shape index (κ3) is 2.78. The first-order valence-electron chi connectivity index (χ1n) is 2.01. The maximum Gasteiger partial charge on any atom is 0.296 e. The fraction of sp³-hybridized carbons (Fsp3) is 1.00. The summed E-state index contributed by atoms with van der Waals surface area (Å²) >= 11 is 28.9. The zero-order valence-electron chi connectivity index (χ0n) is 4.52. The number of alkyl halides is 8. The molecule has 0 unspecified atom stereocenters. The van der Waals surface area contributed by atoms with E-state index in [2.05, 4.69) is 0 Å². The van der Waals surface area contributed by atoms with Crippen molar-refractivity contribution in [1.29, 1.82) is 0 Å². The summed E-state index contributed by atoms with van der Waals surface area (Å²) in [5.41, 5.74) is 0. The van der Waals surface area contributed by atoms with Gasteiger partial charge in [0, 0.05) is 0 Å². The predicted molar refractivity (Wildman–Crippen MR) is 45.5 cm³/mol. The van der Waals surface area contributed by atoms with Crippen LogP contribution in [0.3, 0.4) is 0 Å². The Bertz CT molecular complexity index is 127. The van der Waals surface area contributed by atoms with Crippen molar-refractivity contribution in [3.63, 3.8) is 0 Å². The van der Waals surface area contributed by atoms with E-state index in [9.17, 15) is 8.78 Å². The molecule has 0 rings (SSSR count). The van der Waals surface area contributed by atoms with E-state index in [1.165, 1.54) is 0 Å². The highest BCUT2D eigenvalue weighted by Gasteiger charge is 2.62. The molecule has 0 saturated carbocycles. The quantitative estimate of drug-likeness (QED) is 0.662. The van der Waals surface area contributed by atoms with E-state index in [0.717, 1.165) is 0 Å². The second-order valence-corrected chi connectivity index (χ2v) is 5.37. The van der Waals surface area contributed by atoms with E-state index in [4.69, 9.17) is 69.6 Å². The first-order valence-corrected chi connectivity index (χ1v) is 4.28. The van der Waals surface area contributed by atoms with Gasteiger partial charge in [0.25, 0.3) is 9.17 Å². The zero-order valence-corrected chi connectivity index (χ0v) is 9.06. The molecule has 0 heterocycles. The Morgan fingerprint density at radius 1 is 0.636 bits per heavy atom. The Hall–Kier alpha value is 1.60. The molecule has 0 aliphatic rings. The van der Waals surface area contributed by atoms with Crippen molar-refractivity contribution in [2.75, 3.05) is 0 Å². The third-order valence-corrected chi connectivity index (χ3v) is 3.66. The van der Waals surface area contributed by atoms with Gasteiger partial charge in [-0.15, -0.1) is 0 Å². The summed E-state index contributed by atoms with van der Waals surface area (Å²) in [6.07, 6.45) is 0. The molecular formula is C3Cl6F2. The molecule has 0 saturated heterocycles. The summed E-state index contributed by atoms with van der Waals surface area (Å²) in [6, 6.07) is 0. The highest BCUT2D eigenvalue weighted by molar-refractivity contribution is 6.68. The number of hydrogen-bond acceptors (Lipinski definition) is 0. The van der Waals surface area contributed by atoms with Gasteiger partial charge in [-0.2, -0.15) is 0 Å². The smallest absolute Gasteiger partial charge is 0.204 e. The van der Waals surface area contributed by atoms with E-state index in [1.54, 1.807) is 0 Å². The molecule has 0 amide bonds. The van der Waals surface area contributed by atoms with Crippen LogP contribution in [0.25, 0.3) is 0 Å². The SMILES string of the molecule is FC(Cl)(Cl)C(Cl)(Cl)C(F)(Cl)Cl. The first kappa shape index (κ1) is 12.6. The lowest BCUT2D eigenvalue weighted by Crippen LogP contribution is -2.44. The Kier molecular flexibility index (Phi) is 3.89. The van der Waals surface area contributed by atoms with E-state index in [0.29, 0.717) is 0 Å². The van der Waals surface area contributed by atoms with Gasteiger partial charge < -0.3 is 0 Å². The molecule has 0 aliphatic heterocycles. The third-order valence-electron chi connectivity index (χ3n) is 0.712. The summed E-state index contributed by atoms with van der Waals surface area (Å²) in [4.78, 5) is 0. The summed E-state index contributed by atoms with van der Waals surface area (Å²) in [6.45, 7) is 0. The highest BCUT2D eigenvalue weighted by Crippen LogP contribution is 2.55. The minimum atomic E-state index is -3.28.